The lowest BCUT2D eigenvalue weighted by Crippen LogP contribution is -2.14. The van der Waals surface area contributed by atoms with Crippen LogP contribution in [0, 0.1) is 5.82 Å². The molecule has 1 aromatic heterocycles. The van der Waals surface area contributed by atoms with E-state index in [4.69, 9.17) is 4.74 Å². The maximum Gasteiger partial charge on any atom is 0.228 e. The summed E-state index contributed by atoms with van der Waals surface area (Å²) in [6.45, 7) is 0.567. The van der Waals surface area contributed by atoms with Gasteiger partial charge in [-0.2, -0.15) is 0 Å². The molecular weight excluding hydrogens is 357 g/mol. The highest BCUT2D eigenvalue weighted by molar-refractivity contribution is 5.92. The molecular formula is C22H22FN3O2. The van der Waals surface area contributed by atoms with Crippen LogP contribution in [0.25, 0.3) is 0 Å². The monoisotopic (exact) mass is 379 g/mol. The van der Waals surface area contributed by atoms with Gasteiger partial charge < -0.3 is 15.4 Å². The van der Waals surface area contributed by atoms with Crippen LogP contribution in [0.4, 0.5) is 15.9 Å². The van der Waals surface area contributed by atoms with Crippen molar-refractivity contribution in [1.29, 1.82) is 0 Å². The zero-order valence-corrected chi connectivity index (χ0v) is 15.6. The van der Waals surface area contributed by atoms with Crippen LogP contribution in [0.2, 0.25) is 0 Å². The molecule has 0 aliphatic carbocycles. The highest BCUT2D eigenvalue weighted by atomic mass is 19.1. The van der Waals surface area contributed by atoms with E-state index in [2.05, 4.69) is 15.6 Å². The minimum Gasteiger partial charge on any atom is -0.497 e. The van der Waals surface area contributed by atoms with Crippen LogP contribution in [-0.2, 0) is 17.6 Å². The fourth-order valence-electron chi connectivity index (χ4n) is 2.73. The van der Waals surface area contributed by atoms with Crippen molar-refractivity contribution in [1.82, 2.24) is 4.98 Å². The zero-order chi connectivity index (χ0) is 19.8. The molecule has 0 spiro atoms. The fraction of sp³-hybridized carbons (Fsp3) is 0.182. The predicted octanol–water partition coefficient (Wildman–Crippen LogP) is 4.07. The summed E-state index contributed by atoms with van der Waals surface area (Å²) in [5.74, 6) is 1.11. The van der Waals surface area contributed by atoms with Gasteiger partial charge in [0.1, 0.15) is 17.4 Å². The van der Waals surface area contributed by atoms with Crippen molar-refractivity contribution >= 4 is 17.4 Å². The molecule has 0 saturated carbocycles. The number of anilines is 2. The Morgan fingerprint density at radius 3 is 2.54 bits per heavy atom. The van der Waals surface area contributed by atoms with Gasteiger partial charge >= 0.3 is 0 Å². The van der Waals surface area contributed by atoms with Gasteiger partial charge in [-0.05, 0) is 47.9 Å². The average Bonchev–Trinajstić information content (AvgIpc) is 2.71. The van der Waals surface area contributed by atoms with Gasteiger partial charge in [0.05, 0.1) is 25.4 Å². The first-order chi connectivity index (χ1) is 13.6. The number of ether oxygens (including phenoxy) is 1. The van der Waals surface area contributed by atoms with Gasteiger partial charge in [-0.1, -0.05) is 30.3 Å². The summed E-state index contributed by atoms with van der Waals surface area (Å²) in [4.78, 5) is 16.4. The Bertz CT molecular complexity index is 912. The normalized spacial score (nSPS) is 10.4. The summed E-state index contributed by atoms with van der Waals surface area (Å²) in [5, 5.41) is 5.97. The van der Waals surface area contributed by atoms with Crippen LogP contribution >= 0.6 is 0 Å². The Morgan fingerprint density at radius 2 is 1.86 bits per heavy atom. The van der Waals surface area contributed by atoms with Crippen molar-refractivity contribution < 1.29 is 13.9 Å². The highest BCUT2D eigenvalue weighted by Crippen LogP contribution is 2.14. The molecule has 0 aliphatic rings. The molecule has 0 atom stereocenters. The Labute approximate surface area is 163 Å². The number of benzene rings is 2. The molecule has 0 unspecified atom stereocenters. The number of amides is 1. The molecule has 0 bridgehead atoms. The first-order valence-electron chi connectivity index (χ1n) is 9.00. The SMILES string of the molecule is COc1ccc(CC(=O)Nc2ccc(NCCc3ccccc3F)nc2)cc1. The molecule has 28 heavy (non-hydrogen) atoms. The van der Waals surface area contributed by atoms with Crippen LogP contribution in [-0.4, -0.2) is 24.5 Å². The van der Waals surface area contributed by atoms with Gasteiger partial charge in [0.25, 0.3) is 0 Å². The van der Waals surface area contributed by atoms with E-state index in [9.17, 15) is 9.18 Å². The molecule has 2 N–H and O–H groups in total. The van der Waals surface area contributed by atoms with E-state index in [0.29, 0.717) is 30.0 Å². The number of halogens is 1. The van der Waals surface area contributed by atoms with Crippen LogP contribution in [0.1, 0.15) is 11.1 Å². The zero-order valence-electron chi connectivity index (χ0n) is 15.6. The second-order valence-corrected chi connectivity index (χ2v) is 6.27. The van der Waals surface area contributed by atoms with E-state index in [1.54, 1.807) is 37.6 Å². The maximum atomic E-state index is 13.6. The van der Waals surface area contributed by atoms with E-state index < -0.39 is 0 Å². The third kappa shape index (κ3) is 5.54. The van der Waals surface area contributed by atoms with E-state index >= 15 is 0 Å². The number of methoxy groups -OCH3 is 1. The van der Waals surface area contributed by atoms with Gasteiger partial charge in [-0.15, -0.1) is 0 Å². The number of nitrogens with one attached hydrogen (secondary N) is 2. The van der Waals surface area contributed by atoms with Gasteiger partial charge in [0.2, 0.25) is 5.91 Å². The summed E-state index contributed by atoms with van der Waals surface area (Å²) in [7, 11) is 1.60. The van der Waals surface area contributed by atoms with Crippen molar-refractivity contribution in [3.63, 3.8) is 0 Å². The summed E-state index contributed by atoms with van der Waals surface area (Å²) in [5.41, 5.74) is 2.19. The minimum atomic E-state index is -0.202. The third-order valence-electron chi connectivity index (χ3n) is 4.23. The molecule has 0 fully saturated rings. The number of hydrogen-bond donors (Lipinski definition) is 2. The Kier molecular flexibility index (Phi) is 6.57. The second-order valence-electron chi connectivity index (χ2n) is 6.27. The first kappa shape index (κ1) is 19.4. The molecule has 3 rings (SSSR count). The van der Waals surface area contributed by atoms with Crippen molar-refractivity contribution in [3.8, 4) is 5.75 Å². The summed E-state index contributed by atoms with van der Waals surface area (Å²) < 4.78 is 18.7. The molecule has 144 valence electrons. The van der Waals surface area contributed by atoms with Crippen LogP contribution in [0.15, 0.2) is 66.9 Å². The minimum absolute atomic E-state index is 0.118. The van der Waals surface area contributed by atoms with Gasteiger partial charge in [-0.3, -0.25) is 4.79 Å². The smallest absolute Gasteiger partial charge is 0.228 e. The fourth-order valence-corrected chi connectivity index (χ4v) is 2.73. The largest absolute Gasteiger partial charge is 0.497 e. The van der Waals surface area contributed by atoms with Crippen LogP contribution in [0.5, 0.6) is 5.75 Å². The number of aromatic nitrogens is 1. The van der Waals surface area contributed by atoms with E-state index in [1.165, 1.54) is 6.07 Å². The molecule has 5 nitrogen and oxygen atoms in total. The van der Waals surface area contributed by atoms with Gasteiger partial charge in [0, 0.05) is 6.54 Å². The molecule has 6 heteroatoms. The van der Waals surface area contributed by atoms with Gasteiger partial charge in [-0.25, -0.2) is 9.37 Å². The Balaban J connectivity index is 1.46. The Hall–Kier alpha value is -3.41. The van der Waals surface area contributed by atoms with Gasteiger partial charge in [0.15, 0.2) is 0 Å². The van der Waals surface area contributed by atoms with Crippen molar-refractivity contribution in [3.05, 3.63) is 83.8 Å². The lowest BCUT2D eigenvalue weighted by molar-refractivity contribution is -0.115. The second kappa shape index (κ2) is 9.50. The lowest BCUT2D eigenvalue weighted by atomic mass is 10.1. The molecule has 1 amide bonds. The molecule has 1 heterocycles. The van der Waals surface area contributed by atoms with Crippen molar-refractivity contribution in [2.45, 2.75) is 12.8 Å². The number of carbonyl (C=O) groups excluding carboxylic acids is 1. The standard InChI is InChI=1S/C22H22FN3O2/c1-28-19-9-6-16(7-10-19)14-22(27)26-18-8-11-21(25-15-18)24-13-12-17-4-2-3-5-20(17)23/h2-11,15H,12-14H2,1H3,(H,24,25)(H,26,27). The number of rotatable bonds is 8. The van der Waals surface area contributed by atoms with Crippen LogP contribution < -0.4 is 15.4 Å². The summed E-state index contributed by atoms with van der Waals surface area (Å²) >= 11 is 0. The quantitative estimate of drug-likeness (QED) is 0.619. The molecule has 3 aromatic rings. The average molecular weight is 379 g/mol. The van der Waals surface area contributed by atoms with E-state index in [0.717, 1.165) is 11.3 Å². The first-order valence-corrected chi connectivity index (χ1v) is 9.00. The topological polar surface area (TPSA) is 63.2 Å². The summed E-state index contributed by atoms with van der Waals surface area (Å²) in [6.07, 6.45) is 2.43. The molecule has 0 saturated heterocycles. The van der Waals surface area contributed by atoms with Crippen molar-refractivity contribution in [2.75, 3.05) is 24.3 Å². The van der Waals surface area contributed by atoms with E-state index in [1.807, 2.05) is 30.3 Å². The predicted molar refractivity (Wildman–Crippen MR) is 108 cm³/mol. The number of carbonyl (C=O) groups is 1. The van der Waals surface area contributed by atoms with Crippen LogP contribution in [0.3, 0.4) is 0 Å². The highest BCUT2D eigenvalue weighted by Gasteiger charge is 2.06. The molecule has 0 aliphatic heterocycles. The number of nitrogens with zero attached hydrogens (tertiary/aromatic N) is 1. The van der Waals surface area contributed by atoms with Crippen molar-refractivity contribution in [2.24, 2.45) is 0 Å². The Morgan fingerprint density at radius 1 is 1.07 bits per heavy atom. The molecule has 2 aromatic carbocycles. The number of pyridine rings is 1. The lowest BCUT2D eigenvalue weighted by Gasteiger charge is -2.09. The van der Waals surface area contributed by atoms with E-state index in [-0.39, 0.29) is 18.1 Å². The number of hydrogen-bond acceptors (Lipinski definition) is 4. The summed E-state index contributed by atoms with van der Waals surface area (Å²) in [6, 6.07) is 17.7. The molecule has 0 radical (unpaired) electrons. The third-order valence-corrected chi connectivity index (χ3v) is 4.23. The maximum absolute atomic E-state index is 13.6.